The van der Waals surface area contributed by atoms with Crippen molar-refractivity contribution in [3.8, 4) is 11.4 Å². The molecule has 11 heteroatoms. The zero-order valence-corrected chi connectivity index (χ0v) is 15.4. The Labute approximate surface area is 166 Å². The zero-order chi connectivity index (χ0) is 21.7. The molecule has 0 bridgehead atoms. The van der Waals surface area contributed by atoms with E-state index in [2.05, 4.69) is 9.84 Å². The Hall–Kier alpha value is -3.21. The van der Waals surface area contributed by atoms with Crippen molar-refractivity contribution in [2.45, 2.75) is 24.9 Å². The molecular formula is C19H14F5N3O3. The van der Waals surface area contributed by atoms with E-state index in [0.29, 0.717) is 0 Å². The highest BCUT2D eigenvalue weighted by Gasteiger charge is 2.54. The van der Waals surface area contributed by atoms with Gasteiger partial charge in [0.15, 0.2) is 0 Å². The SMILES string of the molecule is C[C@@H](n1ncn(-c2ccc(OC(F)(F)F)cc2)c1=O)[C@@]1(c2ccc(F)cc2F)CO1. The summed E-state index contributed by atoms with van der Waals surface area (Å²) in [6, 6.07) is 7.02. The fraction of sp³-hybridized carbons (Fsp3) is 0.263. The molecule has 30 heavy (non-hydrogen) atoms. The lowest BCUT2D eigenvalue weighted by Gasteiger charge is -2.20. The number of epoxide rings is 1. The molecule has 3 aromatic rings. The van der Waals surface area contributed by atoms with Gasteiger partial charge >= 0.3 is 12.1 Å². The van der Waals surface area contributed by atoms with Gasteiger partial charge in [0, 0.05) is 11.6 Å². The van der Waals surface area contributed by atoms with E-state index in [9.17, 15) is 26.7 Å². The molecule has 1 aliphatic rings. The van der Waals surface area contributed by atoms with Crippen molar-refractivity contribution in [2.24, 2.45) is 0 Å². The van der Waals surface area contributed by atoms with Crippen LogP contribution in [0.25, 0.3) is 5.69 Å². The van der Waals surface area contributed by atoms with Crippen molar-refractivity contribution in [3.63, 3.8) is 0 Å². The lowest BCUT2D eigenvalue weighted by atomic mass is 9.92. The second kappa shape index (κ2) is 6.94. The number of nitrogens with zero attached hydrogens (tertiary/aromatic N) is 3. The van der Waals surface area contributed by atoms with Crippen LogP contribution in [0.3, 0.4) is 0 Å². The number of hydrogen-bond donors (Lipinski definition) is 0. The van der Waals surface area contributed by atoms with E-state index < -0.39 is 41.1 Å². The molecule has 0 saturated carbocycles. The molecular weight excluding hydrogens is 413 g/mol. The number of hydrogen-bond acceptors (Lipinski definition) is 4. The quantitative estimate of drug-likeness (QED) is 0.460. The molecule has 0 N–H and O–H groups in total. The maximum atomic E-state index is 14.3. The molecule has 0 spiro atoms. The van der Waals surface area contributed by atoms with Crippen molar-refractivity contribution >= 4 is 0 Å². The predicted molar refractivity (Wildman–Crippen MR) is 93.2 cm³/mol. The van der Waals surface area contributed by atoms with Gasteiger partial charge in [0.1, 0.15) is 29.3 Å². The van der Waals surface area contributed by atoms with Gasteiger partial charge in [-0.05, 0) is 37.3 Å². The van der Waals surface area contributed by atoms with E-state index in [1.165, 1.54) is 24.5 Å². The van der Waals surface area contributed by atoms with Gasteiger partial charge in [-0.3, -0.25) is 0 Å². The van der Waals surface area contributed by atoms with Crippen molar-refractivity contribution < 1.29 is 31.4 Å². The van der Waals surface area contributed by atoms with Gasteiger partial charge in [-0.25, -0.2) is 22.8 Å². The molecule has 0 unspecified atom stereocenters. The van der Waals surface area contributed by atoms with E-state index in [0.717, 1.165) is 33.5 Å². The Morgan fingerprint density at radius 3 is 2.40 bits per heavy atom. The topological polar surface area (TPSA) is 61.6 Å². The summed E-state index contributed by atoms with van der Waals surface area (Å²) in [4.78, 5) is 12.8. The molecule has 1 aromatic heterocycles. The van der Waals surface area contributed by atoms with Crippen LogP contribution in [0.15, 0.2) is 53.6 Å². The van der Waals surface area contributed by atoms with Crippen LogP contribution in [0.5, 0.6) is 5.75 Å². The van der Waals surface area contributed by atoms with Crippen molar-refractivity contribution in [1.29, 1.82) is 0 Å². The van der Waals surface area contributed by atoms with Crippen LogP contribution >= 0.6 is 0 Å². The Bertz CT molecular complexity index is 1130. The van der Waals surface area contributed by atoms with Crippen LogP contribution in [0, 0.1) is 11.6 Å². The molecule has 0 aliphatic carbocycles. The highest BCUT2D eigenvalue weighted by Crippen LogP contribution is 2.48. The summed E-state index contributed by atoms with van der Waals surface area (Å²) < 4.78 is 75.8. The van der Waals surface area contributed by atoms with E-state index in [1.54, 1.807) is 6.92 Å². The normalized spacial score (nSPS) is 19.5. The molecule has 0 radical (unpaired) electrons. The van der Waals surface area contributed by atoms with E-state index in [-0.39, 0.29) is 17.9 Å². The average molecular weight is 427 g/mol. The molecule has 2 aromatic carbocycles. The van der Waals surface area contributed by atoms with E-state index in [1.807, 2.05) is 0 Å². The second-order valence-electron chi connectivity index (χ2n) is 6.75. The molecule has 158 valence electrons. The van der Waals surface area contributed by atoms with Crippen LogP contribution in [0.2, 0.25) is 0 Å². The third-order valence-corrected chi connectivity index (χ3v) is 4.93. The molecule has 4 rings (SSSR count). The number of alkyl halides is 3. The maximum Gasteiger partial charge on any atom is 0.573 e. The Morgan fingerprint density at radius 1 is 1.17 bits per heavy atom. The number of halogens is 5. The van der Waals surface area contributed by atoms with Crippen molar-refractivity contribution in [3.05, 3.63) is 76.5 Å². The number of ether oxygens (including phenoxy) is 2. The third kappa shape index (κ3) is 3.56. The summed E-state index contributed by atoms with van der Waals surface area (Å²) in [5.41, 5.74) is -1.42. The number of benzene rings is 2. The third-order valence-electron chi connectivity index (χ3n) is 4.93. The van der Waals surface area contributed by atoms with Crippen LogP contribution in [0.4, 0.5) is 22.0 Å². The van der Waals surface area contributed by atoms with Crippen molar-refractivity contribution in [2.75, 3.05) is 6.61 Å². The average Bonchev–Trinajstić information content (AvgIpc) is 3.37. The van der Waals surface area contributed by atoms with Gasteiger partial charge in [-0.15, -0.1) is 13.2 Å². The fourth-order valence-electron chi connectivity index (χ4n) is 3.30. The molecule has 0 amide bonds. The van der Waals surface area contributed by atoms with Crippen molar-refractivity contribution in [1.82, 2.24) is 14.3 Å². The summed E-state index contributed by atoms with van der Waals surface area (Å²) in [7, 11) is 0. The summed E-state index contributed by atoms with van der Waals surface area (Å²) in [6.45, 7) is 1.72. The van der Waals surface area contributed by atoms with Gasteiger partial charge in [0.2, 0.25) is 0 Å². The Balaban J connectivity index is 1.63. The minimum Gasteiger partial charge on any atom is -0.406 e. The minimum atomic E-state index is -4.83. The first-order valence-corrected chi connectivity index (χ1v) is 8.72. The van der Waals surface area contributed by atoms with Gasteiger partial charge in [0.05, 0.1) is 18.3 Å². The fourth-order valence-corrected chi connectivity index (χ4v) is 3.30. The first kappa shape index (κ1) is 20.1. The first-order chi connectivity index (χ1) is 14.1. The molecule has 1 aliphatic heterocycles. The molecule has 6 nitrogen and oxygen atoms in total. The summed E-state index contributed by atoms with van der Waals surface area (Å²) in [6.07, 6.45) is -3.64. The highest BCUT2D eigenvalue weighted by molar-refractivity contribution is 5.37. The van der Waals surface area contributed by atoms with Crippen LogP contribution < -0.4 is 10.4 Å². The molecule has 1 fully saturated rings. The Morgan fingerprint density at radius 2 is 1.83 bits per heavy atom. The van der Waals surface area contributed by atoms with Gasteiger partial charge in [-0.2, -0.15) is 5.10 Å². The summed E-state index contributed by atoms with van der Waals surface area (Å²) in [5.74, 6) is -1.97. The molecule has 2 atom stereocenters. The predicted octanol–water partition coefficient (Wildman–Crippen LogP) is 3.70. The first-order valence-electron chi connectivity index (χ1n) is 8.72. The zero-order valence-electron chi connectivity index (χ0n) is 15.4. The van der Waals surface area contributed by atoms with E-state index >= 15 is 0 Å². The minimum absolute atomic E-state index is 0.103. The van der Waals surface area contributed by atoms with Crippen LogP contribution in [-0.4, -0.2) is 27.3 Å². The highest BCUT2D eigenvalue weighted by atomic mass is 19.4. The maximum absolute atomic E-state index is 14.3. The van der Waals surface area contributed by atoms with E-state index in [4.69, 9.17) is 4.74 Å². The summed E-state index contributed by atoms with van der Waals surface area (Å²) in [5, 5.41) is 4.03. The summed E-state index contributed by atoms with van der Waals surface area (Å²) >= 11 is 0. The van der Waals surface area contributed by atoms with Crippen LogP contribution in [0.1, 0.15) is 18.5 Å². The standard InChI is InChI=1S/C19H14F5N3O3/c1-11(18(9-29-18)15-7-2-12(20)8-16(15)21)27-17(28)26(10-25-27)13-3-5-14(6-4-13)30-19(22,23)24/h2-8,10-11H,9H2,1H3/t11-,18-/m1/s1. The lowest BCUT2D eigenvalue weighted by Crippen LogP contribution is -2.33. The number of aromatic nitrogens is 3. The van der Waals surface area contributed by atoms with Gasteiger partial charge < -0.3 is 9.47 Å². The van der Waals surface area contributed by atoms with Gasteiger partial charge in [-0.1, -0.05) is 6.07 Å². The second-order valence-corrected chi connectivity index (χ2v) is 6.75. The smallest absolute Gasteiger partial charge is 0.406 e. The van der Waals surface area contributed by atoms with Gasteiger partial charge in [0.25, 0.3) is 0 Å². The van der Waals surface area contributed by atoms with Crippen LogP contribution in [-0.2, 0) is 10.3 Å². The Kier molecular flexibility index (Phi) is 4.64. The molecule has 2 heterocycles. The lowest BCUT2D eigenvalue weighted by molar-refractivity contribution is -0.274. The number of rotatable bonds is 5. The monoisotopic (exact) mass is 427 g/mol. The molecule has 1 saturated heterocycles. The largest absolute Gasteiger partial charge is 0.573 e.